The van der Waals surface area contributed by atoms with E-state index in [-0.39, 0.29) is 0 Å². The van der Waals surface area contributed by atoms with Gasteiger partial charge in [0.05, 0.1) is 22.9 Å². The number of aryl methyl sites for hydroxylation is 1. The number of rotatable bonds is 1. The lowest BCUT2D eigenvalue weighted by molar-refractivity contribution is 1.08. The first-order chi connectivity index (χ1) is 8.66. The van der Waals surface area contributed by atoms with E-state index < -0.39 is 0 Å². The Kier molecular flexibility index (Phi) is 2.56. The molecule has 0 radical (unpaired) electrons. The summed E-state index contributed by atoms with van der Waals surface area (Å²) in [5.41, 5.74) is 9.97. The van der Waals surface area contributed by atoms with Gasteiger partial charge < -0.3 is 5.73 Å². The Hall–Kier alpha value is -1.88. The minimum Gasteiger partial charge on any atom is -0.369 e. The minimum absolute atomic E-state index is 0.471. The van der Waals surface area contributed by atoms with E-state index in [4.69, 9.17) is 5.73 Å². The quantitative estimate of drug-likeness (QED) is 0.751. The van der Waals surface area contributed by atoms with Crippen LogP contribution in [0.1, 0.15) is 5.56 Å². The zero-order valence-electron chi connectivity index (χ0n) is 9.76. The van der Waals surface area contributed by atoms with Gasteiger partial charge in [-0.25, -0.2) is 4.98 Å². The number of fused-ring (bicyclic) bond motifs is 1. The maximum atomic E-state index is 6.01. The number of hydrogen-bond donors (Lipinski definition) is 1. The molecule has 90 valence electrons. The number of para-hydroxylation sites is 1. The van der Waals surface area contributed by atoms with Crippen LogP contribution in [0.3, 0.4) is 0 Å². The molecule has 0 aliphatic heterocycles. The van der Waals surface area contributed by atoms with Gasteiger partial charge in [0.15, 0.2) is 0 Å². The smallest absolute Gasteiger partial charge is 0.205 e. The molecule has 18 heavy (non-hydrogen) atoms. The Morgan fingerprint density at radius 1 is 1.28 bits per heavy atom. The van der Waals surface area contributed by atoms with Gasteiger partial charge in [-0.15, -0.1) is 0 Å². The molecule has 3 aromatic rings. The monoisotopic (exact) mass is 302 g/mol. The fourth-order valence-electron chi connectivity index (χ4n) is 2.10. The molecular formula is C13H11BrN4. The molecule has 0 aliphatic carbocycles. The highest BCUT2D eigenvalue weighted by atomic mass is 79.9. The molecule has 0 saturated heterocycles. The molecule has 0 atom stereocenters. The predicted octanol–water partition coefficient (Wildman–Crippen LogP) is 3.07. The van der Waals surface area contributed by atoms with E-state index in [9.17, 15) is 0 Å². The summed E-state index contributed by atoms with van der Waals surface area (Å²) in [5, 5.41) is 0. The number of nitrogens with two attached hydrogens (primary N) is 1. The fraction of sp³-hybridized carbons (Fsp3) is 0.0769. The first kappa shape index (κ1) is 11.2. The van der Waals surface area contributed by atoms with Crippen molar-refractivity contribution < 1.29 is 0 Å². The van der Waals surface area contributed by atoms with Gasteiger partial charge in [0, 0.05) is 10.7 Å². The van der Waals surface area contributed by atoms with Crippen LogP contribution >= 0.6 is 15.9 Å². The second-order valence-corrected chi connectivity index (χ2v) is 5.03. The second-order valence-electron chi connectivity index (χ2n) is 4.11. The van der Waals surface area contributed by atoms with Crippen LogP contribution in [0, 0.1) is 6.92 Å². The average molecular weight is 303 g/mol. The van der Waals surface area contributed by atoms with Gasteiger partial charge in [0.1, 0.15) is 0 Å². The van der Waals surface area contributed by atoms with Gasteiger partial charge in [-0.3, -0.25) is 9.55 Å². The number of halogens is 1. The van der Waals surface area contributed by atoms with Gasteiger partial charge >= 0.3 is 0 Å². The summed E-state index contributed by atoms with van der Waals surface area (Å²) >= 11 is 3.42. The summed E-state index contributed by atoms with van der Waals surface area (Å²) in [6.07, 6.45) is 3.51. The Morgan fingerprint density at radius 3 is 2.89 bits per heavy atom. The largest absolute Gasteiger partial charge is 0.369 e. The van der Waals surface area contributed by atoms with Crippen molar-refractivity contribution in [3.05, 3.63) is 46.7 Å². The molecule has 0 amide bonds. The van der Waals surface area contributed by atoms with E-state index in [1.54, 1.807) is 12.4 Å². The Morgan fingerprint density at radius 2 is 2.11 bits per heavy atom. The topological polar surface area (TPSA) is 56.7 Å². The lowest BCUT2D eigenvalue weighted by Crippen LogP contribution is -2.01. The predicted molar refractivity (Wildman–Crippen MR) is 75.7 cm³/mol. The molecule has 0 spiro atoms. The SMILES string of the molecule is Cc1cccc2nc(N)n(-c3cncc(Br)c3)c12. The van der Waals surface area contributed by atoms with Crippen molar-refractivity contribution in [2.45, 2.75) is 6.92 Å². The fourth-order valence-corrected chi connectivity index (χ4v) is 2.45. The number of nitrogen functional groups attached to an aromatic ring is 1. The molecule has 3 rings (SSSR count). The lowest BCUT2D eigenvalue weighted by Gasteiger charge is -2.07. The number of benzene rings is 1. The molecule has 0 unspecified atom stereocenters. The van der Waals surface area contributed by atoms with Crippen LogP contribution in [0.25, 0.3) is 16.7 Å². The first-order valence-corrected chi connectivity index (χ1v) is 6.30. The Bertz CT molecular complexity index is 733. The van der Waals surface area contributed by atoms with E-state index in [0.717, 1.165) is 26.8 Å². The number of anilines is 1. The average Bonchev–Trinajstić information content (AvgIpc) is 2.67. The molecule has 0 aliphatic rings. The van der Waals surface area contributed by atoms with E-state index in [1.807, 2.05) is 35.8 Å². The molecule has 0 fully saturated rings. The van der Waals surface area contributed by atoms with Crippen molar-refractivity contribution in [2.24, 2.45) is 0 Å². The third-order valence-electron chi connectivity index (χ3n) is 2.85. The van der Waals surface area contributed by atoms with E-state index in [1.165, 1.54) is 0 Å². The van der Waals surface area contributed by atoms with Crippen molar-refractivity contribution >= 4 is 32.9 Å². The van der Waals surface area contributed by atoms with Crippen molar-refractivity contribution in [3.63, 3.8) is 0 Å². The molecule has 2 N–H and O–H groups in total. The summed E-state index contributed by atoms with van der Waals surface area (Å²) in [6.45, 7) is 2.05. The number of pyridine rings is 1. The molecule has 0 bridgehead atoms. The normalized spacial score (nSPS) is 11.0. The highest BCUT2D eigenvalue weighted by Crippen LogP contribution is 2.26. The highest BCUT2D eigenvalue weighted by molar-refractivity contribution is 9.10. The minimum atomic E-state index is 0.471. The molecule has 4 nitrogen and oxygen atoms in total. The van der Waals surface area contributed by atoms with Crippen LogP contribution in [0.4, 0.5) is 5.95 Å². The van der Waals surface area contributed by atoms with Crippen LogP contribution in [0.15, 0.2) is 41.1 Å². The van der Waals surface area contributed by atoms with Crippen molar-refractivity contribution in [1.29, 1.82) is 0 Å². The Labute approximate surface area is 113 Å². The standard InChI is InChI=1S/C13H11BrN4/c1-8-3-2-4-11-12(8)18(13(15)17-11)10-5-9(14)6-16-7-10/h2-7H,1H3,(H2,15,17). The maximum absolute atomic E-state index is 6.01. The molecule has 2 aromatic heterocycles. The van der Waals surface area contributed by atoms with Crippen molar-refractivity contribution in [3.8, 4) is 5.69 Å². The summed E-state index contributed by atoms with van der Waals surface area (Å²) in [7, 11) is 0. The van der Waals surface area contributed by atoms with Gasteiger partial charge in [0.2, 0.25) is 5.95 Å². The summed E-state index contributed by atoms with van der Waals surface area (Å²) in [4.78, 5) is 8.54. The second kappa shape index (κ2) is 4.10. The van der Waals surface area contributed by atoms with E-state index in [2.05, 4.69) is 25.9 Å². The third-order valence-corrected chi connectivity index (χ3v) is 3.29. The molecular weight excluding hydrogens is 292 g/mol. The highest BCUT2D eigenvalue weighted by Gasteiger charge is 2.12. The first-order valence-electron chi connectivity index (χ1n) is 5.51. The lowest BCUT2D eigenvalue weighted by atomic mass is 10.2. The number of imidazole rings is 1. The number of hydrogen-bond acceptors (Lipinski definition) is 3. The van der Waals surface area contributed by atoms with E-state index in [0.29, 0.717) is 5.95 Å². The zero-order chi connectivity index (χ0) is 12.7. The van der Waals surface area contributed by atoms with E-state index >= 15 is 0 Å². The van der Waals surface area contributed by atoms with Crippen LogP contribution < -0.4 is 5.73 Å². The summed E-state index contributed by atoms with van der Waals surface area (Å²) in [6, 6.07) is 7.95. The molecule has 0 saturated carbocycles. The van der Waals surface area contributed by atoms with Crippen molar-refractivity contribution in [2.75, 3.05) is 5.73 Å². The van der Waals surface area contributed by atoms with Crippen LogP contribution in [-0.4, -0.2) is 14.5 Å². The zero-order valence-corrected chi connectivity index (χ0v) is 11.3. The van der Waals surface area contributed by atoms with Gasteiger partial charge in [-0.2, -0.15) is 0 Å². The number of aromatic nitrogens is 3. The molecule has 2 heterocycles. The maximum Gasteiger partial charge on any atom is 0.205 e. The van der Waals surface area contributed by atoms with Crippen LogP contribution in [-0.2, 0) is 0 Å². The Balaban J connectivity index is 2.38. The summed E-state index contributed by atoms with van der Waals surface area (Å²) < 4.78 is 2.83. The summed E-state index contributed by atoms with van der Waals surface area (Å²) in [5.74, 6) is 0.471. The van der Waals surface area contributed by atoms with Crippen LogP contribution in [0.2, 0.25) is 0 Å². The van der Waals surface area contributed by atoms with Gasteiger partial charge in [0.25, 0.3) is 0 Å². The third kappa shape index (κ3) is 1.67. The van der Waals surface area contributed by atoms with Gasteiger partial charge in [-0.05, 0) is 40.5 Å². The van der Waals surface area contributed by atoms with Crippen molar-refractivity contribution in [1.82, 2.24) is 14.5 Å². The number of nitrogens with zero attached hydrogens (tertiary/aromatic N) is 3. The van der Waals surface area contributed by atoms with Crippen LogP contribution in [0.5, 0.6) is 0 Å². The molecule has 1 aromatic carbocycles. The molecule has 5 heteroatoms. The van der Waals surface area contributed by atoms with Gasteiger partial charge in [-0.1, -0.05) is 12.1 Å².